The molecule has 19 nitrogen and oxygen atoms in total. The highest BCUT2D eigenvalue weighted by Gasteiger charge is 2.43. The van der Waals surface area contributed by atoms with Gasteiger partial charge in [0.2, 0.25) is 18.1 Å². The monoisotopic (exact) mass is 814 g/mol. The van der Waals surface area contributed by atoms with Crippen molar-refractivity contribution in [2.24, 2.45) is 17.6 Å². The Morgan fingerprint density at radius 2 is 1.66 bits per heavy atom. The van der Waals surface area contributed by atoms with Gasteiger partial charge in [-0.3, -0.25) is 28.8 Å². The number of Topliss-reactive ketones (excluding diaryl/α,β-unsaturated/α-hetero) is 1. The van der Waals surface area contributed by atoms with Crippen LogP contribution in [0.2, 0.25) is 0 Å². The summed E-state index contributed by atoms with van der Waals surface area (Å²) in [5, 5.41) is 61.0. The van der Waals surface area contributed by atoms with Crippen molar-refractivity contribution in [3.63, 3.8) is 0 Å². The summed E-state index contributed by atoms with van der Waals surface area (Å²) in [7, 11) is 0. The zero-order valence-electron chi connectivity index (χ0n) is 28.9. The van der Waals surface area contributed by atoms with Crippen LogP contribution in [0.3, 0.4) is 0 Å². The van der Waals surface area contributed by atoms with Crippen molar-refractivity contribution in [3.05, 3.63) is 22.6 Å². The standard InChI is InChI=1S/C31H45Cl3N6O13/c1-11(2)23-21(28(47)38-16(10-32)26(45)37-15(30(49)50)8-13-19(53-23)9-18(42)22(13)43)40-27(46)20(17(41)5-4-6-35)39-25(44)14(7-12(3)24(33)34)36-29(48)31(51)52/h10-12,14-15,17-18,20-21,23-24,31,41-42,51-52H,4-9,35H2,1-3H3,(H,36,48)(H,37,45)(H,38,47)(H,39,44)(H,40,46)(H,49,50). The number of ether oxygens (including phenoxy) is 1. The number of halogens is 3. The minimum atomic E-state index is -2.53. The van der Waals surface area contributed by atoms with Gasteiger partial charge >= 0.3 is 5.97 Å². The van der Waals surface area contributed by atoms with Crippen LogP contribution in [-0.4, -0.2) is 127 Å². The number of carbonyl (C=O) groups excluding carboxylic acids is 6. The van der Waals surface area contributed by atoms with Crippen molar-refractivity contribution in [2.75, 3.05) is 6.54 Å². The van der Waals surface area contributed by atoms with Gasteiger partial charge in [0.1, 0.15) is 52.7 Å². The van der Waals surface area contributed by atoms with Crippen molar-refractivity contribution in [1.29, 1.82) is 0 Å². The van der Waals surface area contributed by atoms with Crippen molar-refractivity contribution in [2.45, 2.75) is 106 Å². The highest BCUT2D eigenvalue weighted by atomic mass is 35.5. The Morgan fingerprint density at radius 1 is 1.02 bits per heavy atom. The Bertz CT molecular complexity index is 1460. The second-order valence-electron chi connectivity index (χ2n) is 12.8. The molecule has 2 aliphatic rings. The molecule has 8 atom stereocenters. The SMILES string of the molecule is CC(C)C1OC2=C(CC(C(=O)O)NC(=O)C(=CCl)NC(=O)C1NC(=O)C(NC(=O)C(CC(C)C(Cl)Cl)NC(=O)C(O)O)C(O)CCCN)C(=O)C(O)C2. The second kappa shape index (κ2) is 20.8. The molecule has 5 amide bonds. The molecule has 53 heavy (non-hydrogen) atoms. The Labute approximate surface area is 319 Å². The molecule has 0 aromatic rings. The van der Waals surface area contributed by atoms with Gasteiger partial charge in [0, 0.05) is 23.9 Å². The quantitative estimate of drug-likeness (QED) is 0.0462. The maximum absolute atomic E-state index is 14.0. The van der Waals surface area contributed by atoms with Gasteiger partial charge in [-0.1, -0.05) is 32.4 Å². The molecule has 1 aliphatic heterocycles. The highest BCUT2D eigenvalue weighted by Crippen LogP contribution is 2.31. The van der Waals surface area contributed by atoms with Crippen molar-refractivity contribution in [1.82, 2.24) is 26.6 Å². The van der Waals surface area contributed by atoms with Crippen LogP contribution in [0.5, 0.6) is 0 Å². The Balaban J connectivity index is 2.64. The molecule has 0 spiro atoms. The third kappa shape index (κ3) is 12.8. The van der Waals surface area contributed by atoms with Gasteiger partial charge in [-0.25, -0.2) is 4.79 Å². The van der Waals surface area contributed by atoms with E-state index in [1.165, 1.54) is 6.92 Å². The molecule has 0 saturated carbocycles. The predicted molar refractivity (Wildman–Crippen MR) is 186 cm³/mol. The van der Waals surface area contributed by atoms with E-state index in [0.29, 0.717) is 5.54 Å². The van der Waals surface area contributed by atoms with E-state index < -0.39 is 125 Å². The average molecular weight is 816 g/mol. The summed E-state index contributed by atoms with van der Waals surface area (Å²) in [6.45, 7) is 4.69. The summed E-state index contributed by atoms with van der Waals surface area (Å²) >= 11 is 17.7. The molecule has 2 rings (SSSR count). The first kappa shape index (κ1) is 45.6. The molecule has 12 N–H and O–H groups in total. The molecule has 0 aromatic carbocycles. The zero-order chi connectivity index (χ0) is 40.3. The van der Waals surface area contributed by atoms with Crippen LogP contribution in [0.25, 0.3) is 0 Å². The van der Waals surface area contributed by atoms with Crippen LogP contribution < -0.4 is 32.3 Å². The number of carboxylic acids is 1. The van der Waals surface area contributed by atoms with Gasteiger partial charge in [-0.2, -0.15) is 0 Å². The normalized spacial score (nSPS) is 24.3. The molecule has 8 unspecified atom stereocenters. The molecule has 1 heterocycles. The lowest BCUT2D eigenvalue weighted by Crippen LogP contribution is -2.63. The Hall–Kier alpha value is -3.56. The number of hydrogen-bond acceptors (Lipinski definition) is 13. The number of carbonyl (C=O) groups is 7. The number of rotatable bonds is 15. The zero-order valence-corrected chi connectivity index (χ0v) is 31.2. The number of aliphatic hydroxyl groups excluding tert-OH is 3. The lowest BCUT2D eigenvalue weighted by molar-refractivity contribution is -0.150. The van der Waals surface area contributed by atoms with Gasteiger partial charge in [0.25, 0.3) is 17.7 Å². The molecule has 1 aliphatic carbocycles. The number of amides is 5. The lowest BCUT2D eigenvalue weighted by Gasteiger charge is -2.34. The summed E-state index contributed by atoms with van der Waals surface area (Å²) in [5.41, 5.74) is 5.26. The van der Waals surface area contributed by atoms with Crippen LogP contribution in [0, 0.1) is 11.8 Å². The topological polar surface area (TPSA) is 316 Å². The number of ketones is 1. The van der Waals surface area contributed by atoms with E-state index >= 15 is 0 Å². The molecular weight excluding hydrogens is 771 g/mol. The van der Waals surface area contributed by atoms with E-state index in [-0.39, 0.29) is 37.1 Å². The van der Waals surface area contributed by atoms with E-state index in [9.17, 15) is 59.1 Å². The summed E-state index contributed by atoms with van der Waals surface area (Å²) in [6, 6.07) is -6.97. The van der Waals surface area contributed by atoms with Gasteiger partial charge in [0.05, 0.1) is 6.10 Å². The number of nitrogens with one attached hydrogen (secondary N) is 5. The fourth-order valence-corrected chi connectivity index (χ4v) is 5.74. The van der Waals surface area contributed by atoms with E-state index in [4.69, 9.17) is 45.3 Å². The maximum atomic E-state index is 14.0. The van der Waals surface area contributed by atoms with Crippen molar-refractivity contribution >= 4 is 76.1 Å². The summed E-state index contributed by atoms with van der Waals surface area (Å²) < 4.78 is 6.09. The number of aliphatic hydroxyl groups is 4. The molecule has 22 heteroatoms. The van der Waals surface area contributed by atoms with Crippen LogP contribution in [-0.2, 0) is 38.3 Å². The average Bonchev–Trinajstić information content (AvgIpc) is 3.34. The van der Waals surface area contributed by atoms with Crippen LogP contribution in [0.15, 0.2) is 22.6 Å². The fraction of sp³-hybridized carbons (Fsp3) is 0.645. The first-order valence-corrected chi connectivity index (χ1v) is 17.7. The van der Waals surface area contributed by atoms with Crippen LogP contribution >= 0.6 is 34.8 Å². The van der Waals surface area contributed by atoms with E-state index in [1.807, 2.05) is 0 Å². The number of carboxylic acid groups (broad SMARTS) is 1. The number of alkyl halides is 2. The number of aliphatic carboxylic acids is 1. The summed E-state index contributed by atoms with van der Waals surface area (Å²) in [6.07, 6.45) is -8.59. The highest BCUT2D eigenvalue weighted by molar-refractivity contribution is 6.44. The smallest absolute Gasteiger partial charge is 0.326 e. The van der Waals surface area contributed by atoms with Gasteiger partial charge in [-0.05, 0) is 37.6 Å². The molecule has 0 saturated heterocycles. The number of nitrogens with two attached hydrogens (primary N) is 1. The second-order valence-corrected chi connectivity index (χ2v) is 14.2. The minimum Gasteiger partial charge on any atom is -0.491 e. The molecule has 0 aromatic heterocycles. The Kier molecular flexibility index (Phi) is 17.9. The van der Waals surface area contributed by atoms with Gasteiger partial charge < -0.3 is 62.6 Å². The largest absolute Gasteiger partial charge is 0.491 e. The third-order valence-corrected chi connectivity index (χ3v) is 9.44. The molecule has 298 valence electrons. The van der Waals surface area contributed by atoms with E-state index in [1.54, 1.807) is 13.8 Å². The lowest BCUT2D eigenvalue weighted by atomic mass is 9.96. The van der Waals surface area contributed by atoms with E-state index in [2.05, 4.69) is 26.6 Å². The van der Waals surface area contributed by atoms with Crippen LogP contribution in [0.1, 0.15) is 52.9 Å². The third-order valence-electron chi connectivity index (χ3n) is 8.36. The summed E-state index contributed by atoms with van der Waals surface area (Å²) in [4.78, 5) is 90.5. The molecule has 0 bridgehead atoms. The first-order chi connectivity index (χ1) is 24.7. The summed E-state index contributed by atoms with van der Waals surface area (Å²) in [5.74, 6) is -10.0. The maximum Gasteiger partial charge on any atom is 0.326 e. The van der Waals surface area contributed by atoms with Crippen LogP contribution in [0.4, 0.5) is 0 Å². The van der Waals surface area contributed by atoms with Crippen molar-refractivity contribution in [3.8, 4) is 0 Å². The van der Waals surface area contributed by atoms with Gasteiger partial charge in [0.15, 0.2) is 5.78 Å². The Morgan fingerprint density at radius 3 is 2.19 bits per heavy atom. The first-order valence-electron chi connectivity index (χ1n) is 16.4. The molecule has 0 radical (unpaired) electrons. The van der Waals surface area contributed by atoms with Gasteiger partial charge in [-0.15, -0.1) is 23.2 Å². The molecule has 0 fully saturated rings. The van der Waals surface area contributed by atoms with Crippen molar-refractivity contribution < 1.29 is 63.8 Å². The fourth-order valence-electron chi connectivity index (χ4n) is 5.38. The predicted octanol–water partition coefficient (Wildman–Crippen LogP) is -2.52. The minimum absolute atomic E-state index is 0.0609. The van der Waals surface area contributed by atoms with E-state index in [0.717, 1.165) is 0 Å². The molecular formula is C31H45Cl3N6O13. The number of hydrogen-bond donors (Lipinski definition) is 11.